The minimum atomic E-state index is -3.52. The van der Waals surface area contributed by atoms with Crippen LogP contribution in [0.3, 0.4) is 0 Å². The number of nitrogens with one attached hydrogen (secondary N) is 1. The summed E-state index contributed by atoms with van der Waals surface area (Å²) in [6.07, 6.45) is 0.973. The van der Waals surface area contributed by atoms with E-state index in [1.807, 2.05) is 0 Å². The van der Waals surface area contributed by atoms with E-state index in [-0.39, 0.29) is 17.4 Å². The lowest BCUT2D eigenvalue weighted by molar-refractivity contribution is -0.113. The molecule has 1 N–H and O–H groups in total. The van der Waals surface area contributed by atoms with Crippen molar-refractivity contribution in [2.75, 3.05) is 16.8 Å². The molecule has 0 fully saturated rings. The van der Waals surface area contributed by atoms with Crippen molar-refractivity contribution in [2.45, 2.75) is 20.0 Å². The van der Waals surface area contributed by atoms with E-state index in [1.165, 1.54) is 12.1 Å². The molecule has 1 aromatic rings. The SMILES string of the molecule is C=CCS(=O)(=O)CC(=O)Nc1cccc(C(=O)OC(C)C)c1. The van der Waals surface area contributed by atoms with Crippen LogP contribution in [0.2, 0.25) is 0 Å². The van der Waals surface area contributed by atoms with Crippen LogP contribution in [0.1, 0.15) is 24.2 Å². The average Bonchev–Trinajstić information content (AvgIpc) is 2.37. The molecule has 0 aromatic heterocycles. The van der Waals surface area contributed by atoms with Crippen molar-refractivity contribution in [3.05, 3.63) is 42.5 Å². The highest BCUT2D eigenvalue weighted by Gasteiger charge is 2.16. The normalized spacial score (nSPS) is 11.0. The van der Waals surface area contributed by atoms with Crippen LogP contribution in [0.4, 0.5) is 5.69 Å². The second kappa shape index (κ2) is 7.74. The zero-order valence-corrected chi connectivity index (χ0v) is 13.4. The molecule has 0 radical (unpaired) electrons. The summed E-state index contributed by atoms with van der Waals surface area (Å²) in [6.45, 7) is 6.79. The Balaban J connectivity index is 2.76. The number of hydrogen-bond acceptors (Lipinski definition) is 5. The van der Waals surface area contributed by atoms with Crippen LogP contribution >= 0.6 is 0 Å². The summed E-state index contributed by atoms with van der Waals surface area (Å²) >= 11 is 0. The van der Waals surface area contributed by atoms with Crippen LogP contribution < -0.4 is 5.32 Å². The largest absolute Gasteiger partial charge is 0.459 e. The molecule has 0 atom stereocenters. The molecule has 7 heteroatoms. The number of hydrogen-bond donors (Lipinski definition) is 1. The first-order valence-electron chi connectivity index (χ1n) is 6.65. The number of rotatable bonds is 7. The maximum atomic E-state index is 11.8. The predicted molar refractivity (Wildman–Crippen MR) is 84.5 cm³/mol. The predicted octanol–water partition coefficient (Wildman–Crippen LogP) is 1.79. The van der Waals surface area contributed by atoms with Gasteiger partial charge < -0.3 is 10.1 Å². The van der Waals surface area contributed by atoms with Gasteiger partial charge in [-0.2, -0.15) is 0 Å². The van der Waals surface area contributed by atoms with E-state index < -0.39 is 27.5 Å². The highest BCUT2D eigenvalue weighted by Crippen LogP contribution is 2.12. The molecule has 22 heavy (non-hydrogen) atoms. The van der Waals surface area contributed by atoms with Gasteiger partial charge >= 0.3 is 5.97 Å². The molecule has 1 rings (SSSR count). The standard InChI is InChI=1S/C15H19NO5S/c1-4-8-22(19,20)10-14(17)16-13-7-5-6-12(9-13)15(18)21-11(2)3/h4-7,9,11H,1,8,10H2,2-3H3,(H,16,17). The van der Waals surface area contributed by atoms with E-state index in [1.54, 1.807) is 32.0 Å². The molecule has 6 nitrogen and oxygen atoms in total. The number of carbonyl (C=O) groups excluding carboxylic acids is 2. The average molecular weight is 325 g/mol. The Morgan fingerprint density at radius 3 is 2.64 bits per heavy atom. The molecule has 0 heterocycles. The smallest absolute Gasteiger partial charge is 0.338 e. The summed E-state index contributed by atoms with van der Waals surface area (Å²) in [4.78, 5) is 23.5. The maximum absolute atomic E-state index is 11.8. The van der Waals surface area contributed by atoms with Gasteiger partial charge in [0.15, 0.2) is 9.84 Å². The minimum absolute atomic E-state index is 0.255. The first-order chi connectivity index (χ1) is 10.2. The highest BCUT2D eigenvalue weighted by atomic mass is 32.2. The summed E-state index contributed by atoms with van der Waals surface area (Å²) in [5.74, 6) is -2.08. The quantitative estimate of drug-likeness (QED) is 0.610. The minimum Gasteiger partial charge on any atom is -0.459 e. The number of sulfone groups is 1. The highest BCUT2D eigenvalue weighted by molar-refractivity contribution is 7.92. The molecule has 120 valence electrons. The van der Waals surface area contributed by atoms with Crippen LogP contribution in [-0.4, -0.2) is 37.9 Å². The van der Waals surface area contributed by atoms with Gasteiger partial charge in [0.25, 0.3) is 0 Å². The second-order valence-corrected chi connectivity index (χ2v) is 7.04. The Morgan fingerprint density at radius 2 is 2.05 bits per heavy atom. The molecule has 1 aromatic carbocycles. The Kier molecular flexibility index (Phi) is 6.30. The number of esters is 1. The third-order valence-corrected chi connectivity index (χ3v) is 3.89. The van der Waals surface area contributed by atoms with Gasteiger partial charge in [-0.15, -0.1) is 6.58 Å². The number of anilines is 1. The fourth-order valence-electron chi connectivity index (χ4n) is 1.64. The molecule has 0 unspecified atom stereocenters. The number of amides is 1. The van der Waals surface area contributed by atoms with E-state index in [2.05, 4.69) is 11.9 Å². The van der Waals surface area contributed by atoms with Gasteiger partial charge in [0.1, 0.15) is 5.75 Å². The summed E-state index contributed by atoms with van der Waals surface area (Å²) in [5, 5.41) is 2.44. The van der Waals surface area contributed by atoms with Gasteiger partial charge in [0.2, 0.25) is 5.91 Å². The summed E-state index contributed by atoms with van der Waals surface area (Å²) < 4.78 is 28.1. The van der Waals surface area contributed by atoms with E-state index in [4.69, 9.17) is 4.74 Å². The third-order valence-electron chi connectivity index (χ3n) is 2.45. The molecule has 0 aliphatic rings. The topological polar surface area (TPSA) is 89.5 Å². The van der Waals surface area contributed by atoms with Crippen molar-refractivity contribution in [3.63, 3.8) is 0 Å². The molecular weight excluding hydrogens is 306 g/mol. The number of benzene rings is 1. The monoisotopic (exact) mass is 325 g/mol. The van der Waals surface area contributed by atoms with E-state index in [0.717, 1.165) is 0 Å². The number of ether oxygens (including phenoxy) is 1. The van der Waals surface area contributed by atoms with Gasteiger partial charge in [-0.25, -0.2) is 13.2 Å². The zero-order valence-electron chi connectivity index (χ0n) is 12.5. The molecule has 0 aliphatic heterocycles. The second-order valence-electron chi connectivity index (χ2n) is 4.93. The van der Waals surface area contributed by atoms with Gasteiger partial charge in [-0.1, -0.05) is 12.1 Å². The number of carbonyl (C=O) groups is 2. The molecule has 0 saturated carbocycles. The van der Waals surface area contributed by atoms with Crippen molar-refractivity contribution < 1.29 is 22.7 Å². The Bertz CT molecular complexity index is 664. The lowest BCUT2D eigenvalue weighted by Crippen LogP contribution is -2.24. The van der Waals surface area contributed by atoms with Crippen LogP contribution in [0, 0.1) is 0 Å². The van der Waals surface area contributed by atoms with Crippen LogP contribution in [0.15, 0.2) is 36.9 Å². The van der Waals surface area contributed by atoms with Gasteiger partial charge in [0.05, 0.1) is 17.4 Å². The van der Waals surface area contributed by atoms with Crippen molar-refractivity contribution in [2.24, 2.45) is 0 Å². The van der Waals surface area contributed by atoms with E-state index in [9.17, 15) is 18.0 Å². The van der Waals surface area contributed by atoms with Gasteiger partial charge in [-0.3, -0.25) is 4.79 Å². The Hall–Kier alpha value is -2.15. The maximum Gasteiger partial charge on any atom is 0.338 e. The Morgan fingerprint density at radius 1 is 1.36 bits per heavy atom. The molecule has 1 amide bonds. The first kappa shape index (κ1) is 17.9. The van der Waals surface area contributed by atoms with Crippen molar-refractivity contribution >= 4 is 27.4 Å². The lowest BCUT2D eigenvalue weighted by atomic mass is 10.2. The van der Waals surface area contributed by atoms with Crippen LogP contribution in [-0.2, 0) is 19.4 Å². The summed E-state index contributed by atoms with van der Waals surface area (Å²) in [5.41, 5.74) is 0.609. The molecule has 0 bridgehead atoms. The van der Waals surface area contributed by atoms with Crippen molar-refractivity contribution in [1.29, 1.82) is 0 Å². The summed E-state index contributed by atoms with van der Waals surface area (Å²) in [7, 11) is -3.52. The van der Waals surface area contributed by atoms with Gasteiger partial charge in [0, 0.05) is 5.69 Å². The molecule has 0 aliphatic carbocycles. The first-order valence-corrected chi connectivity index (χ1v) is 8.48. The summed E-state index contributed by atoms with van der Waals surface area (Å²) in [6, 6.07) is 6.12. The Labute approximate surface area is 130 Å². The van der Waals surface area contributed by atoms with Crippen molar-refractivity contribution in [3.8, 4) is 0 Å². The third kappa shape index (κ3) is 6.09. The van der Waals surface area contributed by atoms with Crippen molar-refractivity contribution in [1.82, 2.24) is 0 Å². The van der Waals surface area contributed by atoms with E-state index >= 15 is 0 Å². The van der Waals surface area contributed by atoms with Crippen LogP contribution in [0.25, 0.3) is 0 Å². The lowest BCUT2D eigenvalue weighted by Gasteiger charge is -2.10. The molecular formula is C15H19NO5S. The molecule has 0 saturated heterocycles. The zero-order chi connectivity index (χ0) is 16.8. The fraction of sp³-hybridized carbons (Fsp3) is 0.333. The molecule has 0 spiro atoms. The van der Waals surface area contributed by atoms with E-state index in [0.29, 0.717) is 5.69 Å². The van der Waals surface area contributed by atoms with Gasteiger partial charge in [-0.05, 0) is 32.0 Å². The fourth-order valence-corrected chi connectivity index (χ4v) is 2.59. The van der Waals surface area contributed by atoms with Crippen LogP contribution in [0.5, 0.6) is 0 Å².